The molecule has 4 nitrogen and oxygen atoms in total. The summed E-state index contributed by atoms with van der Waals surface area (Å²) in [4.78, 5) is 6.96. The molecule has 2 aliphatic rings. The molecule has 0 radical (unpaired) electrons. The summed E-state index contributed by atoms with van der Waals surface area (Å²) in [5.41, 5.74) is 6.80. The molecule has 1 fully saturated rings. The Hall–Kier alpha value is -2.43. The number of aromatic nitrogens is 2. The third-order valence-corrected chi connectivity index (χ3v) is 6.30. The highest BCUT2D eigenvalue weighted by atomic mass is 15.2. The van der Waals surface area contributed by atoms with E-state index in [-0.39, 0.29) is 0 Å². The standard InChI is InChI=1S/C24H28N4/c1-18-4-5-23-21(15-18)22-17-27(20-6-11-25-12-7-20)13-9-24(22)28(23)14-8-19-3-2-10-26-16-19/h2-5,8,10,14-16,20,25H,6-7,9,11-13,17H2,1H3. The van der Waals surface area contributed by atoms with Crippen molar-refractivity contribution in [2.45, 2.75) is 38.8 Å². The van der Waals surface area contributed by atoms with Crippen LogP contribution in [0.3, 0.4) is 0 Å². The fourth-order valence-corrected chi connectivity index (χ4v) is 4.82. The maximum absolute atomic E-state index is 4.24. The molecular formula is C24H28N4. The van der Waals surface area contributed by atoms with Crippen molar-refractivity contribution in [3.05, 3.63) is 65.1 Å². The van der Waals surface area contributed by atoms with Gasteiger partial charge in [0.1, 0.15) is 0 Å². The smallest absolute Gasteiger partial charge is 0.0528 e. The summed E-state index contributed by atoms with van der Waals surface area (Å²) in [7, 11) is 0. The molecule has 1 saturated heterocycles. The summed E-state index contributed by atoms with van der Waals surface area (Å²) in [6.07, 6.45) is 11.8. The third-order valence-electron chi connectivity index (χ3n) is 6.30. The van der Waals surface area contributed by atoms with Crippen molar-refractivity contribution in [1.82, 2.24) is 19.8 Å². The normalized spacial score (nSPS) is 18.8. The first kappa shape index (κ1) is 17.7. The highest BCUT2D eigenvalue weighted by Gasteiger charge is 2.28. The largest absolute Gasteiger partial charge is 0.320 e. The van der Waals surface area contributed by atoms with Crippen LogP contribution in [-0.2, 0) is 13.0 Å². The molecule has 2 aromatic heterocycles. The van der Waals surface area contributed by atoms with Crippen LogP contribution in [0.4, 0.5) is 0 Å². The summed E-state index contributed by atoms with van der Waals surface area (Å²) in [5, 5.41) is 4.92. The van der Waals surface area contributed by atoms with E-state index in [9.17, 15) is 0 Å². The van der Waals surface area contributed by atoms with Crippen LogP contribution in [0, 0.1) is 6.92 Å². The molecule has 1 aromatic carbocycles. The van der Waals surface area contributed by atoms with Crippen molar-refractivity contribution in [2.24, 2.45) is 0 Å². The lowest BCUT2D eigenvalue weighted by Crippen LogP contribution is -2.45. The molecule has 5 rings (SSSR count). The molecule has 0 atom stereocenters. The van der Waals surface area contributed by atoms with Gasteiger partial charge in [-0.3, -0.25) is 9.88 Å². The summed E-state index contributed by atoms with van der Waals surface area (Å²) in [6.45, 7) is 6.74. The lowest BCUT2D eigenvalue weighted by atomic mass is 9.98. The molecule has 3 aromatic rings. The van der Waals surface area contributed by atoms with E-state index in [1.165, 1.54) is 40.6 Å². The number of hydrogen-bond donors (Lipinski definition) is 1. The van der Waals surface area contributed by atoms with Crippen LogP contribution in [0.15, 0.2) is 42.7 Å². The number of hydrogen-bond acceptors (Lipinski definition) is 3. The summed E-state index contributed by atoms with van der Waals surface area (Å²) in [5.74, 6) is 0. The predicted octanol–water partition coefficient (Wildman–Crippen LogP) is 4.08. The Morgan fingerprint density at radius 2 is 2.07 bits per heavy atom. The van der Waals surface area contributed by atoms with Crippen molar-refractivity contribution in [2.75, 3.05) is 19.6 Å². The van der Waals surface area contributed by atoms with Gasteiger partial charge < -0.3 is 9.88 Å². The Kier molecular flexibility index (Phi) is 4.75. The summed E-state index contributed by atoms with van der Waals surface area (Å²) in [6, 6.07) is 11.7. The number of fused-ring (bicyclic) bond motifs is 3. The van der Waals surface area contributed by atoms with E-state index in [4.69, 9.17) is 0 Å². The van der Waals surface area contributed by atoms with Gasteiger partial charge in [-0.2, -0.15) is 0 Å². The Morgan fingerprint density at radius 3 is 2.89 bits per heavy atom. The van der Waals surface area contributed by atoms with E-state index in [0.29, 0.717) is 0 Å². The Balaban J connectivity index is 1.54. The molecular weight excluding hydrogens is 344 g/mol. The number of nitrogens with one attached hydrogen (secondary N) is 1. The van der Waals surface area contributed by atoms with Crippen LogP contribution in [0.1, 0.15) is 35.2 Å². The first-order valence-corrected chi connectivity index (χ1v) is 10.4. The van der Waals surface area contributed by atoms with E-state index < -0.39 is 0 Å². The molecule has 0 saturated carbocycles. The second-order valence-corrected chi connectivity index (χ2v) is 8.12. The minimum absolute atomic E-state index is 0.726. The van der Waals surface area contributed by atoms with E-state index in [2.05, 4.69) is 63.2 Å². The van der Waals surface area contributed by atoms with Crippen LogP contribution < -0.4 is 5.32 Å². The van der Waals surface area contributed by atoms with Crippen LogP contribution in [-0.4, -0.2) is 40.1 Å². The third kappa shape index (κ3) is 3.27. The first-order chi connectivity index (χ1) is 13.8. The fraction of sp³-hybridized carbons (Fsp3) is 0.375. The first-order valence-electron chi connectivity index (χ1n) is 10.4. The van der Waals surface area contributed by atoms with Crippen LogP contribution in [0.2, 0.25) is 0 Å². The van der Waals surface area contributed by atoms with Crippen LogP contribution in [0.25, 0.3) is 23.2 Å². The second-order valence-electron chi connectivity index (χ2n) is 8.12. The summed E-state index contributed by atoms with van der Waals surface area (Å²) >= 11 is 0. The van der Waals surface area contributed by atoms with Gasteiger partial charge in [0.05, 0.1) is 5.52 Å². The van der Waals surface area contributed by atoms with Crippen LogP contribution in [0.5, 0.6) is 0 Å². The zero-order valence-corrected chi connectivity index (χ0v) is 16.6. The molecule has 0 aliphatic carbocycles. The molecule has 0 amide bonds. The van der Waals surface area contributed by atoms with E-state index >= 15 is 0 Å². The number of aryl methyl sites for hydroxylation is 1. The van der Waals surface area contributed by atoms with Gasteiger partial charge >= 0.3 is 0 Å². The number of nitrogens with zero attached hydrogens (tertiary/aromatic N) is 3. The van der Waals surface area contributed by atoms with E-state index in [1.807, 2.05) is 18.5 Å². The average Bonchev–Trinajstić information content (AvgIpc) is 3.06. The lowest BCUT2D eigenvalue weighted by molar-refractivity contribution is 0.147. The molecule has 0 bridgehead atoms. The Labute approximate surface area is 166 Å². The van der Waals surface area contributed by atoms with Crippen molar-refractivity contribution in [3.8, 4) is 0 Å². The number of pyridine rings is 1. The number of rotatable bonds is 3. The molecule has 0 spiro atoms. The maximum atomic E-state index is 4.24. The maximum Gasteiger partial charge on any atom is 0.0528 e. The molecule has 0 unspecified atom stereocenters. The quantitative estimate of drug-likeness (QED) is 0.752. The second kappa shape index (κ2) is 7.53. The van der Waals surface area contributed by atoms with Gasteiger partial charge in [-0.1, -0.05) is 17.7 Å². The minimum atomic E-state index is 0.726. The van der Waals surface area contributed by atoms with Gasteiger partial charge in [0.15, 0.2) is 0 Å². The van der Waals surface area contributed by atoms with Crippen molar-refractivity contribution in [1.29, 1.82) is 0 Å². The molecule has 4 heteroatoms. The zero-order chi connectivity index (χ0) is 18.9. The lowest BCUT2D eigenvalue weighted by Gasteiger charge is -2.37. The average molecular weight is 373 g/mol. The monoisotopic (exact) mass is 372 g/mol. The highest BCUT2D eigenvalue weighted by Crippen LogP contribution is 2.33. The van der Waals surface area contributed by atoms with Gasteiger partial charge in [-0.05, 0) is 68.3 Å². The van der Waals surface area contributed by atoms with Crippen molar-refractivity contribution < 1.29 is 0 Å². The molecule has 4 heterocycles. The predicted molar refractivity (Wildman–Crippen MR) is 116 cm³/mol. The molecule has 28 heavy (non-hydrogen) atoms. The van der Waals surface area contributed by atoms with Crippen molar-refractivity contribution in [3.63, 3.8) is 0 Å². The Morgan fingerprint density at radius 1 is 1.18 bits per heavy atom. The van der Waals surface area contributed by atoms with Crippen LogP contribution >= 0.6 is 0 Å². The molecule has 2 aliphatic heterocycles. The minimum Gasteiger partial charge on any atom is -0.320 e. The van der Waals surface area contributed by atoms with Gasteiger partial charge in [0, 0.05) is 55.2 Å². The highest BCUT2D eigenvalue weighted by molar-refractivity contribution is 5.89. The topological polar surface area (TPSA) is 33.1 Å². The van der Waals surface area contributed by atoms with E-state index in [1.54, 1.807) is 0 Å². The molecule has 144 valence electrons. The number of piperidine rings is 1. The van der Waals surface area contributed by atoms with Gasteiger partial charge in [-0.15, -0.1) is 0 Å². The van der Waals surface area contributed by atoms with Crippen molar-refractivity contribution >= 4 is 23.2 Å². The van der Waals surface area contributed by atoms with Gasteiger partial charge in [-0.25, -0.2) is 0 Å². The molecule has 1 N–H and O–H groups in total. The summed E-state index contributed by atoms with van der Waals surface area (Å²) < 4.78 is 2.41. The van der Waals surface area contributed by atoms with E-state index in [0.717, 1.165) is 44.2 Å². The fourth-order valence-electron chi connectivity index (χ4n) is 4.82. The SMILES string of the molecule is Cc1ccc2c(c1)c1c(n2C=Cc2cccnc2)CCN(C2CCNCC2)C1. The zero-order valence-electron chi connectivity index (χ0n) is 16.6. The van der Waals surface area contributed by atoms with Gasteiger partial charge in [0.2, 0.25) is 0 Å². The van der Waals surface area contributed by atoms with Gasteiger partial charge in [0.25, 0.3) is 0 Å². The number of benzene rings is 1. The Bertz CT molecular complexity index is 996.